The molecule has 1 heterocycles. The van der Waals surface area contributed by atoms with Crippen molar-refractivity contribution in [2.24, 2.45) is 0 Å². The van der Waals surface area contributed by atoms with Crippen LogP contribution < -0.4 is 10.1 Å². The van der Waals surface area contributed by atoms with Crippen molar-refractivity contribution >= 4 is 11.6 Å². The Hall–Kier alpha value is -1.59. The Bertz CT molecular complexity index is 542. The van der Waals surface area contributed by atoms with Crippen LogP contribution in [0.5, 0.6) is 5.75 Å². The monoisotopic (exact) mass is 348 g/mol. The molecule has 0 saturated carbocycles. The molecule has 0 unspecified atom stereocenters. The number of nitrogens with one attached hydrogen (secondary N) is 1. The Labute approximate surface area is 151 Å². The zero-order valence-electron chi connectivity index (χ0n) is 16.0. The van der Waals surface area contributed by atoms with Gasteiger partial charge in [0.15, 0.2) is 0 Å². The highest BCUT2D eigenvalue weighted by atomic mass is 16.5. The summed E-state index contributed by atoms with van der Waals surface area (Å²) in [6, 6.07) is 8.16. The molecule has 1 aliphatic rings. The topological polar surface area (TPSA) is 50.8 Å². The number of ether oxygens (including phenoxy) is 2. The van der Waals surface area contributed by atoms with E-state index in [1.165, 1.54) is 25.8 Å². The van der Waals surface area contributed by atoms with Crippen LogP contribution in [0.3, 0.4) is 0 Å². The standard InChI is InChI=1S/C20H32N2O3/c1-5-25-20(3,4)19(23)21-17-9-11-18(12-10-17)24-15-14-22-13-7-6-8-16(22)2/h9-12,16H,5-8,13-15H2,1-4H3,(H,21,23)/t16-/m1/s1. The zero-order chi connectivity index (χ0) is 18.3. The summed E-state index contributed by atoms with van der Waals surface area (Å²) in [5.41, 5.74) is -0.0931. The van der Waals surface area contributed by atoms with E-state index >= 15 is 0 Å². The first-order valence-corrected chi connectivity index (χ1v) is 9.34. The zero-order valence-corrected chi connectivity index (χ0v) is 16.0. The molecule has 1 atom stereocenters. The smallest absolute Gasteiger partial charge is 0.256 e. The first kappa shape index (κ1) is 19.7. The number of carbonyl (C=O) groups excluding carboxylic acids is 1. The van der Waals surface area contributed by atoms with Crippen molar-refractivity contribution in [1.82, 2.24) is 4.90 Å². The van der Waals surface area contributed by atoms with Gasteiger partial charge in [0, 0.05) is 24.9 Å². The third-order valence-corrected chi connectivity index (χ3v) is 4.75. The minimum Gasteiger partial charge on any atom is -0.492 e. The van der Waals surface area contributed by atoms with Crippen LogP contribution >= 0.6 is 0 Å². The van der Waals surface area contributed by atoms with E-state index in [9.17, 15) is 4.79 Å². The maximum absolute atomic E-state index is 12.2. The Morgan fingerprint density at radius 3 is 2.64 bits per heavy atom. The summed E-state index contributed by atoms with van der Waals surface area (Å²) in [4.78, 5) is 14.7. The quantitative estimate of drug-likeness (QED) is 0.778. The fourth-order valence-electron chi connectivity index (χ4n) is 3.11. The second kappa shape index (κ2) is 9.20. The van der Waals surface area contributed by atoms with Gasteiger partial charge in [-0.2, -0.15) is 0 Å². The van der Waals surface area contributed by atoms with Crippen molar-refractivity contribution in [2.45, 2.75) is 58.6 Å². The Balaban J connectivity index is 1.78. The number of piperidine rings is 1. The van der Waals surface area contributed by atoms with Crippen LogP contribution in [0.1, 0.15) is 47.0 Å². The number of hydrogen-bond acceptors (Lipinski definition) is 4. The Morgan fingerprint density at radius 1 is 1.28 bits per heavy atom. The second-order valence-electron chi connectivity index (χ2n) is 7.15. The molecule has 0 bridgehead atoms. The number of hydrogen-bond donors (Lipinski definition) is 1. The molecule has 1 aromatic rings. The molecule has 1 aliphatic heterocycles. The van der Waals surface area contributed by atoms with Gasteiger partial charge in [0.25, 0.3) is 5.91 Å². The fraction of sp³-hybridized carbons (Fsp3) is 0.650. The van der Waals surface area contributed by atoms with Gasteiger partial charge in [-0.05, 0) is 71.3 Å². The second-order valence-corrected chi connectivity index (χ2v) is 7.15. The molecule has 25 heavy (non-hydrogen) atoms. The van der Waals surface area contributed by atoms with E-state index in [2.05, 4.69) is 17.1 Å². The highest BCUT2D eigenvalue weighted by Crippen LogP contribution is 2.19. The molecule has 1 fully saturated rings. The van der Waals surface area contributed by atoms with Crippen LogP contribution in [0.25, 0.3) is 0 Å². The molecule has 0 radical (unpaired) electrons. The van der Waals surface area contributed by atoms with Gasteiger partial charge in [-0.3, -0.25) is 9.69 Å². The van der Waals surface area contributed by atoms with Gasteiger partial charge in [0.1, 0.15) is 18.0 Å². The van der Waals surface area contributed by atoms with Crippen LogP contribution in [0, 0.1) is 0 Å². The molecule has 1 aromatic carbocycles. The number of nitrogens with zero attached hydrogens (tertiary/aromatic N) is 1. The summed E-state index contributed by atoms with van der Waals surface area (Å²) in [7, 11) is 0. The molecule has 1 N–H and O–H groups in total. The largest absolute Gasteiger partial charge is 0.492 e. The Kier molecular flexibility index (Phi) is 7.26. The van der Waals surface area contributed by atoms with Gasteiger partial charge in [-0.25, -0.2) is 0 Å². The molecular weight excluding hydrogens is 316 g/mol. The van der Waals surface area contributed by atoms with Crippen LogP contribution in [-0.4, -0.2) is 48.8 Å². The maximum atomic E-state index is 12.2. The number of likely N-dealkylation sites (tertiary alicyclic amines) is 1. The summed E-state index contributed by atoms with van der Waals surface area (Å²) in [6.45, 7) is 11.0. The predicted octanol–water partition coefficient (Wildman–Crippen LogP) is 3.69. The lowest BCUT2D eigenvalue weighted by Gasteiger charge is -2.33. The van der Waals surface area contributed by atoms with Crippen molar-refractivity contribution in [3.8, 4) is 5.75 Å². The first-order chi connectivity index (χ1) is 11.9. The molecule has 1 amide bonds. The molecule has 0 aliphatic carbocycles. The highest BCUT2D eigenvalue weighted by molar-refractivity contribution is 5.96. The molecular formula is C20H32N2O3. The lowest BCUT2D eigenvalue weighted by molar-refractivity contribution is -0.136. The average Bonchev–Trinajstić information content (AvgIpc) is 2.58. The number of benzene rings is 1. The normalized spacial score (nSPS) is 18.8. The molecule has 5 heteroatoms. The molecule has 140 valence electrons. The van der Waals surface area contributed by atoms with Gasteiger partial charge >= 0.3 is 0 Å². The van der Waals surface area contributed by atoms with Crippen molar-refractivity contribution in [1.29, 1.82) is 0 Å². The molecule has 5 nitrogen and oxygen atoms in total. The third-order valence-electron chi connectivity index (χ3n) is 4.75. The van der Waals surface area contributed by atoms with E-state index in [4.69, 9.17) is 9.47 Å². The van der Waals surface area contributed by atoms with Crippen LogP contribution in [0.4, 0.5) is 5.69 Å². The fourth-order valence-corrected chi connectivity index (χ4v) is 3.11. The summed E-state index contributed by atoms with van der Waals surface area (Å²) < 4.78 is 11.3. The lowest BCUT2D eigenvalue weighted by atomic mass is 10.0. The van der Waals surface area contributed by atoms with E-state index in [0.29, 0.717) is 19.3 Å². The predicted molar refractivity (Wildman–Crippen MR) is 101 cm³/mol. The van der Waals surface area contributed by atoms with Crippen molar-refractivity contribution in [3.63, 3.8) is 0 Å². The average molecular weight is 348 g/mol. The van der Waals surface area contributed by atoms with Crippen LogP contribution in [-0.2, 0) is 9.53 Å². The molecule has 0 aromatic heterocycles. The molecule has 2 rings (SSSR count). The minimum absolute atomic E-state index is 0.151. The van der Waals surface area contributed by atoms with E-state index < -0.39 is 5.60 Å². The summed E-state index contributed by atoms with van der Waals surface area (Å²) >= 11 is 0. The van der Waals surface area contributed by atoms with E-state index in [-0.39, 0.29) is 5.91 Å². The van der Waals surface area contributed by atoms with Gasteiger partial charge in [-0.1, -0.05) is 6.42 Å². The van der Waals surface area contributed by atoms with Crippen molar-refractivity contribution in [3.05, 3.63) is 24.3 Å². The van der Waals surface area contributed by atoms with E-state index in [0.717, 1.165) is 18.0 Å². The number of anilines is 1. The van der Waals surface area contributed by atoms with Gasteiger partial charge in [0.05, 0.1) is 0 Å². The maximum Gasteiger partial charge on any atom is 0.256 e. The van der Waals surface area contributed by atoms with Crippen LogP contribution in [0.2, 0.25) is 0 Å². The van der Waals surface area contributed by atoms with Gasteiger partial charge in [0.2, 0.25) is 0 Å². The van der Waals surface area contributed by atoms with Crippen molar-refractivity contribution in [2.75, 3.05) is 31.6 Å². The number of rotatable bonds is 8. The third kappa shape index (κ3) is 6.01. The van der Waals surface area contributed by atoms with E-state index in [1.807, 2.05) is 31.2 Å². The van der Waals surface area contributed by atoms with Crippen LogP contribution in [0.15, 0.2) is 24.3 Å². The lowest BCUT2D eigenvalue weighted by Crippen LogP contribution is -2.40. The van der Waals surface area contributed by atoms with Gasteiger partial charge in [-0.15, -0.1) is 0 Å². The molecule has 1 saturated heterocycles. The highest BCUT2D eigenvalue weighted by Gasteiger charge is 2.27. The summed E-state index contributed by atoms with van der Waals surface area (Å²) in [5, 5.41) is 2.88. The van der Waals surface area contributed by atoms with E-state index in [1.54, 1.807) is 13.8 Å². The summed E-state index contributed by atoms with van der Waals surface area (Å²) in [6.07, 6.45) is 3.91. The van der Waals surface area contributed by atoms with Crippen molar-refractivity contribution < 1.29 is 14.3 Å². The SMILES string of the molecule is CCOC(C)(C)C(=O)Nc1ccc(OCCN2CCCC[C@H]2C)cc1. The number of carbonyl (C=O) groups is 1. The molecule has 0 spiro atoms. The Morgan fingerprint density at radius 2 is 2.00 bits per heavy atom. The van der Waals surface area contributed by atoms with Gasteiger partial charge < -0.3 is 14.8 Å². The number of amides is 1. The summed E-state index contributed by atoms with van der Waals surface area (Å²) in [5.74, 6) is 0.675. The first-order valence-electron chi connectivity index (χ1n) is 9.34. The minimum atomic E-state index is -0.838.